The van der Waals surface area contributed by atoms with Crippen LogP contribution in [0.15, 0.2) is 24.3 Å². The molecule has 1 aromatic rings. The van der Waals surface area contributed by atoms with Gasteiger partial charge in [-0.05, 0) is 37.4 Å². The maximum atomic E-state index is 12.0. The van der Waals surface area contributed by atoms with Crippen LogP contribution in [-0.4, -0.2) is 19.1 Å². The van der Waals surface area contributed by atoms with Gasteiger partial charge in [-0.2, -0.15) is 0 Å². The fourth-order valence-electron chi connectivity index (χ4n) is 1.99. The molecule has 0 aliphatic rings. The third kappa shape index (κ3) is 5.72. The van der Waals surface area contributed by atoms with Gasteiger partial charge in [-0.3, -0.25) is 4.79 Å². The normalized spacial score (nSPS) is 12.2. The lowest BCUT2D eigenvalue weighted by Gasteiger charge is -2.14. The van der Waals surface area contributed by atoms with Gasteiger partial charge < -0.3 is 15.8 Å². The second kappa shape index (κ2) is 9.50. The number of ether oxygens (including phenoxy) is 1. The van der Waals surface area contributed by atoms with Crippen molar-refractivity contribution in [1.82, 2.24) is 5.32 Å². The molecule has 0 aromatic heterocycles. The highest BCUT2D eigenvalue weighted by Crippen LogP contribution is 2.11. The first-order valence-corrected chi connectivity index (χ1v) is 7.31. The van der Waals surface area contributed by atoms with E-state index in [1.165, 1.54) is 0 Å². The van der Waals surface area contributed by atoms with Crippen LogP contribution in [0.2, 0.25) is 0 Å². The molecule has 20 heavy (non-hydrogen) atoms. The second-order valence-corrected chi connectivity index (χ2v) is 4.96. The van der Waals surface area contributed by atoms with Gasteiger partial charge in [0.2, 0.25) is 5.91 Å². The van der Waals surface area contributed by atoms with Crippen LogP contribution in [0.1, 0.15) is 37.8 Å². The van der Waals surface area contributed by atoms with Crippen LogP contribution in [0.25, 0.3) is 0 Å². The molecular formula is C16H26N2O2. The van der Waals surface area contributed by atoms with Crippen LogP contribution < -0.4 is 11.1 Å². The van der Waals surface area contributed by atoms with E-state index in [4.69, 9.17) is 10.5 Å². The zero-order chi connectivity index (χ0) is 14.8. The van der Waals surface area contributed by atoms with E-state index >= 15 is 0 Å². The zero-order valence-corrected chi connectivity index (χ0v) is 12.5. The minimum Gasteiger partial charge on any atom is -0.377 e. The van der Waals surface area contributed by atoms with Crippen molar-refractivity contribution in [3.8, 4) is 0 Å². The topological polar surface area (TPSA) is 64.3 Å². The second-order valence-electron chi connectivity index (χ2n) is 4.96. The molecule has 0 radical (unpaired) electrons. The Morgan fingerprint density at radius 2 is 2.05 bits per heavy atom. The molecule has 0 aliphatic heterocycles. The highest BCUT2D eigenvalue weighted by atomic mass is 16.5. The predicted molar refractivity (Wildman–Crippen MR) is 81.1 cm³/mol. The van der Waals surface area contributed by atoms with E-state index in [2.05, 4.69) is 5.32 Å². The van der Waals surface area contributed by atoms with E-state index in [0.29, 0.717) is 26.3 Å². The first-order chi connectivity index (χ1) is 9.69. The number of rotatable bonds is 9. The van der Waals surface area contributed by atoms with Gasteiger partial charge in [0.05, 0.1) is 6.61 Å². The highest BCUT2D eigenvalue weighted by molar-refractivity contribution is 5.78. The van der Waals surface area contributed by atoms with Gasteiger partial charge in [0.1, 0.15) is 0 Å². The smallest absolute Gasteiger partial charge is 0.223 e. The summed E-state index contributed by atoms with van der Waals surface area (Å²) in [5, 5.41) is 2.99. The number of carbonyl (C=O) groups is 1. The Hall–Kier alpha value is -1.39. The summed E-state index contributed by atoms with van der Waals surface area (Å²) in [5.41, 5.74) is 7.70. The Kier molecular flexibility index (Phi) is 7.92. The molecule has 0 saturated carbocycles. The molecule has 1 atom stereocenters. The summed E-state index contributed by atoms with van der Waals surface area (Å²) >= 11 is 0. The summed E-state index contributed by atoms with van der Waals surface area (Å²) < 4.78 is 5.44. The van der Waals surface area contributed by atoms with E-state index in [1.807, 2.05) is 38.1 Å². The van der Waals surface area contributed by atoms with Gasteiger partial charge in [0.25, 0.3) is 0 Å². The Bertz CT molecular complexity index is 407. The number of nitrogens with two attached hydrogens (primary N) is 1. The van der Waals surface area contributed by atoms with Crippen molar-refractivity contribution < 1.29 is 9.53 Å². The van der Waals surface area contributed by atoms with Crippen molar-refractivity contribution in [3.63, 3.8) is 0 Å². The lowest BCUT2D eigenvalue weighted by Crippen LogP contribution is -2.29. The van der Waals surface area contributed by atoms with Gasteiger partial charge in [-0.25, -0.2) is 0 Å². The predicted octanol–water partition coefficient (Wildman–Crippen LogP) is 2.21. The number of amides is 1. The van der Waals surface area contributed by atoms with E-state index in [1.54, 1.807) is 0 Å². The van der Waals surface area contributed by atoms with E-state index < -0.39 is 0 Å². The minimum atomic E-state index is 0.0117. The molecule has 1 aromatic carbocycles. The molecule has 1 rings (SSSR count). The number of hydrogen-bond acceptors (Lipinski definition) is 3. The standard InChI is InChI=1S/C16H26N2O2/c1-3-20-12-15-9-5-4-8-14(15)11-18-16(19)13(2)7-6-10-17/h4-5,8-9,13H,3,6-7,10-12,17H2,1-2H3,(H,18,19). The van der Waals surface area contributed by atoms with Crippen LogP contribution in [-0.2, 0) is 22.7 Å². The molecule has 0 spiro atoms. The van der Waals surface area contributed by atoms with Crippen molar-refractivity contribution >= 4 is 5.91 Å². The lowest BCUT2D eigenvalue weighted by molar-refractivity contribution is -0.124. The van der Waals surface area contributed by atoms with Crippen LogP contribution in [0.5, 0.6) is 0 Å². The largest absolute Gasteiger partial charge is 0.377 e. The number of benzene rings is 1. The van der Waals surface area contributed by atoms with Crippen molar-refractivity contribution in [2.24, 2.45) is 11.7 Å². The summed E-state index contributed by atoms with van der Waals surface area (Å²) in [6.07, 6.45) is 1.72. The van der Waals surface area contributed by atoms with Gasteiger partial charge in [0, 0.05) is 19.1 Å². The number of nitrogens with one attached hydrogen (secondary N) is 1. The SMILES string of the molecule is CCOCc1ccccc1CNC(=O)C(C)CCCN. The Labute approximate surface area is 121 Å². The molecule has 0 aliphatic carbocycles. The number of hydrogen-bond donors (Lipinski definition) is 2. The van der Waals surface area contributed by atoms with E-state index in [9.17, 15) is 4.79 Å². The fourth-order valence-corrected chi connectivity index (χ4v) is 1.99. The van der Waals surface area contributed by atoms with Crippen LogP contribution in [0.4, 0.5) is 0 Å². The Balaban J connectivity index is 2.50. The first-order valence-electron chi connectivity index (χ1n) is 7.31. The maximum Gasteiger partial charge on any atom is 0.223 e. The maximum absolute atomic E-state index is 12.0. The minimum absolute atomic E-state index is 0.0117. The number of carbonyl (C=O) groups excluding carboxylic acids is 1. The van der Waals surface area contributed by atoms with Crippen LogP contribution >= 0.6 is 0 Å². The molecular weight excluding hydrogens is 252 g/mol. The average molecular weight is 278 g/mol. The molecule has 1 amide bonds. The fraction of sp³-hybridized carbons (Fsp3) is 0.562. The summed E-state index contributed by atoms with van der Waals surface area (Å²) in [6.45, 7) is 6.38. The molecule has 4 nitrogen and oxygen atoms in total. The zero-order valence-electron chi connectivity index (χ0n) is 12.5. The average Bonchev–Trinajstić information content (AvgIpc) is 2.48. The molecule has 0 heterocycles. The van der Waals surface area contributed by atoms with Gasteiger partial charge in [0.15, 0.2) is 0 Å². The van der Waals surface area contributed by atoms with E-state index in [0.717, 1.165) is 24.0 Å². The molecule has 1 unspecified atom stereocenters. The third-order valence-corrected chi connectivity index (χ3v) is 3.32. The molecule has 4 heteroatoms. The molecule has 0 bridgehead atoms. The molecule has 0 fully saturated rings. The third-order valence-electron chi connectivity index (χ3n) is 3.32. The van der Waals surface area contributed by atoms with Crippen molar-refractivity contribution in [3.05, 3.63) is 35.4 Å². The van der Waals surface area contributed by atoms with Crippen molar-refractivity contribution in [1.29, 1.82) is 0 Å². The quantitative estimate of drug-likeness (QED) is 0.728. The highest BCUT2D eigenvalue weighted by Gasteiger charge is 2.12. The van der Waals surface area contributed by atoms with E-state index in [-0.39, 0.29) is 11.8 Å². The Morgan fingerprint density at radius 1 is 1.35 bits per heavy atom. The summed E-state index contributed by atoms with van der Waals surface area (Å²) in [6, 6.07) is 8.03. The van der Waals surface area contributed by atoms with Crippen LogP contribution in [0.3, 0.4) is 0 Å². The lowest BCUT2D eigenvalue weighted by atomic mass is 10.0. The molecule has 0 saturated heterocycles. The molecule has 3 N–H and O–H groups in total. The van der Waals surface area contributed by atoms with Gasteiger partial charge in [-0.15, -0.1) is 0 Å². The summed E-state index contributed by atoms with van der Waals surface area (Å²) in [4.78, 5) is 12.0. The van der Waals surface area contributed by atoms with Crippen molar-refractivity contribution in [2.45, 2.75) is 39.8 Å². The van der Waals surface area contributed by atoms with Crippen LogP contribution in [0, 0.1) is 5.92 Å². The summed E-state index contributed by atoms with van der Waals surface area (Å²) in [5.74, 6) is 0.0993. The Morgan fingerprint density at radius 3 is 2.70 bits per heavy atom. The van der Waals surface area contributed by atoms with Crippen molar-refractivity contribution in [2.75, 3.05) is 13.2 Å². The monoisotopic (exact) mass is 278 g/mol. The summed E-state index contributed by atoms with van der Waals surface area (Å²) in [7, 11) is 0. The molecule has 112 valence electrons. The van der Waals surface area contributed by atoms with Gasteiger partial charge >= 0.3 is 0 Å². The first kappa shape index (κ1) is 16.7. The van der Waals surface area contributed by atoms with Gasteiger partial charge in [-0.1, -0.05) is 31.2 Å².